The van der Waals surface area contributed by atoms with E-state index in [1.54, 1.807) is 16.9 Å². The van der Waals surface area contributed by atoms with Gasteiger partial charge in [-0.05, 0) is 43.0 Å². The Bertz CT molecular complexity index is 1020. The van der Waals surface area contributed by atoms with Crippen LogP contribution in [0.4, 0.5) is 0 Å². The number of pyridine rings is 1. The van der Waals surface area contributed by atoms with Gasteiger partial charge in [0.15, 0.2) is 5.65 Å². The van der Waals surface area contributed by atoms with Crippen LogP contribution in [0.2, 0.25) is 0 Å². The van der Waals surface area contributed by atoms with Crippen molar-refractivity contribution < 1.29 is 0 Å². The molecule has 2 bridgehead atoms. The molecular weight excluding hydrogens is 316 g/mol. The van der Waals surface area contributed by atoms with Gasteiger partial charge in [0.1, 0.15) is 6.33 Å². The van der Waals surface area contributed by atoms with Gasteiger partial charge in [-0.3, -0.25) is 4.79 Å². The Labute approximate surface area is 144 Å². The minimum atomic E-state index is 0.0802. The van der Waals surface area contributed by atoms with Crippen LogP contribution in [0.5, 0.6) is 0 Å². The standard InChI is InChI=1S/C18H20N6O/c1-2-14-6-15(18-21-20-10-24(18)22-14)12-4-16-13-3-11(7-19-8-13)9-23(16)17(25)5-12/h4-6,10-11,13,19H,2-3,7-9H2,1H3/t11-,13+/m0/s1. The molecule has 0 aromatic carbocycles. The number of hydrogen-bond donors (Lipinski definition) is 1. The van der Waals surface area contributed by atoms with E-state index in [1.807, 2.05) is 10.6 Å². The summed E-state index contributed by atoms with van der Waals surface area (Å²) in [6.45, 7) is 4.83. The third-order valence-electron chi connectivity index (χ3n) is 5.45. The van der Waals surface area contributed by atoms with Gasteiger partial charge in [0, 0.05) is 36.3 Å². The Kier molecular flexibility index (Phi) is 3.24. The van der Waals surface area contributed by atoms with E-state index >= 15 is 0 Å². The van der Waals surface area contributed by atoms with Crippen LogP contribution in [0.15, 0.2) is 29.3 Å². The van der Waals surface area contributed by atoms with Crippen molar-refractivity contribution in [3.8, 4) is 11.1 Å². The molecule has 3 aromatic heterocycles. The predicted molar refractivity (Wildman–Crippen MR) is 93.6 cm³/mol. The van der Waals surface area contributed by atoms with Crippen LogP contribution >= 0.6 is 0 Å². The average Bonchev–Trinajstić information content (AvgIpc) is 3.10. The molecule has 1 saturated heterocycles. The second kappa shape index (κ2) is 5.49. The monoisotopic (exact) mass is 336 g/mol. The fourth-order valence-electron chi connectivity index (χ4n) is 4.22. The highest BCUT2D eigenvalue weighted by Gasteiger charge is 2.31. The summed E-state index contributed by atoms with van der Waals surface area (Å²) in [6, 6.07) is 5.93. The third-order valence-corrected chi connectivity index (χ3v) is 5.45. The maximum absolute atomic E-state index is 12.8. The number of rotatable bonds is 2. The van der Waals surface area contributed by atoms with E-state index in [-0.39, 0.29) is 5.56 Å². The van der Waals surface area contributed by atoms with Crippen molar-refractivity contribution in [3.05, 3.63) is 46.3 Å². The first-order valence-corrected chi connectivity index (χ1v) is 8.88. The largest absolute Gasteiger partial charge is 0.316 e. The van der Waals surface area contributed by atoms with Crippen LogP contribution in [0.3, 0.4) is 0 Å². The average molecular weight is 336 g/mol. The molecule has 3 aromatic rings. The molecule has 0 aliphatic carbocycles. The van der Waals surface area contributed by atoms with Crippen molar-refractivity contribution in [1.29, 1.82) is 0 Å². The molecule has 128 valence electrons. The molecular formula is C18H20N6O. The van der Waals surface area contributed by atoms with Gasteiger partial charge in [0.05, 0.1) is 5.69 Å². The fourth-order valence-corrected chi connectivity index (χ4v) is 4.22. The molecule has 7 heteroatoms. The second-order valence-electron chi connectivity index (χ2n) is 7.08. The van der Waals surface area contributed by atoms with Crippen LogP contribution < -0.4 is 10.9 Å². The highest BCUT2D eigenvalue weighted by molar-refractivity contribution is 5.77. The number of piperidine rings is 1. The molecule has 0 saturated carbocycles. The molecule has 2 atom stereocenters. The number of fused-ring (bicyclic) bond motifs is 5. The molecule has 0 radical (unpaired) electrons. The normalized spacial score (nSPS) is 22.1. The van der Waals surface area contributed by atoms with Gasteiger partial charge in [-0.25, -0.2) is 0 Å². The van der Waals surface area contributed by atoms with Crippen LogP contribution in [0, 0.1) is 5.92 Å². The summed E-state index contributed by atoms with van der Waals surface area (Å²) in [7, 11) is 0. The van der Waals surface area contributed by atoms with Gasteiger partial charge >= 0.3 is 0 Å². The first kappa shape index (κ1) is 14.8. The van der Waals surface area contributed by atoms with E-state index in [0.29, 0.717) is 17.5 Å². The van der Waals surface area contributed by atoms with Crippen molar-refractivity contribution in [1.82, 2.24) is 29.7 Å². The predicted octanol–water partition coefficient (Wildman–Crippen LogP) is 1.22. The van der Waals surface area contributed by atoms with E-state index in [1.165, 1.54) is 0 Å². The van der Waals surface area contributed by atoms with E-state index in [4.69, 9.17) is 0 Å². The lowest BCUT2D eigenvalue weighted by Gasteiger charge is -2.37. The highest BCUT2D eigenvalue weighted by atomic mass is 16.1. The number of aryl methyl sites for hydroxylation is 1. The lowest BCUT2D eigenvalue weighted by atomic mass is 9.83. The maximum Gasteiger partial charge on any atom is 0.251 e. The first-order chi connectivity index (χ1) is 12.2. The summed E-state index contributed by atoms with van der Waals surface area (Å²) < 4.78 is 3.66. The lowest BCUT2D eigenvalue weighted by molar-refractivity contribution is 0.257. The van der Waals surface area contributed by atoms with Gasteiger partial charge < -0.3 is 9.88 Å². The van der Waals surface area contributed by atoms with E-state index in [0.717, 1.165) is 55.0 Å². The zero-order valence-electron chi connectivity index (χ0n) is 14.1. The second-order valence-corrected chi connectivity index (χ2v) is 7.08. The van der Waals surface area contributed by atoms with E-state index in [2.05, 4.69) is 33.6 Å². The summed E-state index contributed by atoms with van der Waals surface area (Å²) >= 11 is 0. The summed E-state index contributed by atoms with van der Waals surface area (Å²) in [4.78, 5) is 12.8. The van der Waals surface area contributed by atoms with Crippen molar-refractivity contribution >= 4 is 5.65 Å². The van der Waals surface area contributed by atoms with Crippen LogP contribution in [0.1, 0.15) is 30.7 Å². The molecule has 0 amide bonds. The van der Waals surface area contributed by atoms with Gasteiger partial charge in [-0.15, -0.1) is 10.2 Å². The molecule has 1 N–H and O–H groups in total. The van der Waals surface area contributed by atoms with Gasteiger partial charge in [0.25, 0.3) is 5.56 Å². The fraction of sp³-hybridized carbons (Fsp3) is 0.444. The Morgan fingerprint density at radius 1 is 1.28 bits per heavy atom. The Balaban J connectivity index is 1.73. The Morgan fingerprint density at radius 3 is 3.08 bits per heavy atom. The molecule has 5 heterocycles. The van der Waals surface area contributed by atoms with Crippen molar-refractivity contribution in [2.45, 2.75) is 32.2 Å². The molecule has 7 nitrogen and oxygen atoms in total. The molecule has 0 unspecified atom stereocenters. The topological polar surface area (TPSA) is 77.1 Å². The Morgan fingerprint density at radius 2 is 2.20 bits per heavy atom. The van der Waals surface area contributed by atoms with E-state index in [9.17, 15) is 4.79 Å². The number of aromatic nitrogens is 5. The molecule has 25 heavy (non-hydrogen) atoms. The summed E-state index contributed by atoms with van der Waals surface area (Å²) in [5.74, 6) is 0.965. The molecule has 1 fully saturated rings. The Hall–Kier alpha value is -2.54. The zero-order valence-corrected chi connectivity index (χ0v) is 14.1. The minimum absolute atomic E-state index is 0.0802. The van der Waals surface area contributed by atoms with Crippen molar-refractivity contribution in [2.75, 3.05) is 13.1 Å². The van der Waals surface area contributed by atoms with Gasteiger partial charge in [-0.2, -0.15) is 9.61 Å². The SMILES string of the molecule is CCc1cc(-c2cc3n(c(=O)c2)C[C@@H]2CNC[C@H]3C2)c2nncn2n1. The number of nitrogens with one attached hydrogen (secondary N) is 1. The minimum Gasteiger partial charge on any atom is -0.316 e. The van der Waals surface area contributed by atoms with Crippen LogP contribution in [-0.2, 0) is 13.0 Å². The van der Waals surface area contributed by atoms with Crippen LogP contribution in [0.25, 0.3) is 16.8 Å². The summed E-state index contributed by atoms with van der Waals surface area (Å²) in [5, 5.41) is 16.2. The molecule has 0 spiro atoms. The highest BCUT2D eigenvalue weighted by Crippen LogP contribution is 2.34. The molecule has 5 rings (SSSR count). The maximum atomic E-state index is 12.8. The van der Waals surface area contributed by atoms with Crippen LogP contribution in [-0.4, -0.2) is 37.5 Å². The molecule has 2 aliphatic heterocycles. The first-order valence-electron chi connectivity index (χ1n) is 8.88. The van der Waals surface area contributed by atoms with Gasteiger partial charge in [-0.1, -0.05) is 6.92 Å². The zero-order chi connectivity index (χ0) is 17.0. The quantitative estimate of drug-likeness (QED) is 0.761. The third kappa shape index (κ3) is 2.30. The van der Waals surface area contributed by atoms with E-state index < -0.39 is 0 Å². The lowest BCUT2D eigenvalue weighted by Crippen LogP contribution is -2.44. The smallest absolute Gasteiger partial charge is 0.251 e. The van der Waals surface area contributed by atoms with Crippen molar-refractivity contribution in [2.24, 2.45) is 5.92 Å². The summed E-state index contributed by atoms with van der Waals surface area (Å²) in [5.41, 5.74) is 4.71. The summed E-state index contributed by atoms with van der Waals surface area (Å²) in [6.07, 6.45) is 3.59. The van der Waals surface area contributed by atoms with Crippen molar-refractivity contribution in [3.63, 3.8) is 0 Å². The number of nitrogens with zero attached hydrogens (tertiary/aromatic N) is 5. The molecule has 2 aliphatic rings. The number of hydrogen-bond acceptors (Lipinski definition) is 5. The van der Waals surface area contributed by atoms with Gasteiger partial charge in [0.2, 0.25) is 0 Å².